The predicted octanol–water partition coefficient (Wildman–Crippen LogP) is 2.64. The molecular formula is C17H19N5OS2. The first kappa shape index (κ1) is 17.5. The summed E-state index contributed by atoms with van der Waals surface area (Å²) < 4.78 is 3.92. The van der Waals surface area contributed by atoms with Gasteiger partial charge in [-0.1, -0.05) is 22.2 Å². The number of aryl methyl sites for hydroxylation is 1. The van der Waals surface area contributed by atoms with Crippen molar-refractivity contribution < 1.29 is 4.79 Å². The quantitative estimate of drug-likeness (QED) is 0.835. The highest BCUT2D eigenvalue weighted by molar-refractivity contribution is 7.80. The Morgan fingerprint density at radius 3 is 2.52 bits per heavy atom. The number of nitrogens with one attached hydrogen (secondary N) is 1. The van der Waals surface area contributed by atoms with Crippen molar-refractivity contribution in [3.05, 3.63) is 52.2 Å². The third-order valence-corrected chi connectivity index (χ3v) is 4.91. The van der Waals surface area contributed by atoms with Gasteiger partial charge in [0.1, 0.15) is 11.7 Å². The number of amides is 1. The van der Waals surface area contributed by atoms with Gasteiger partial charge in [-0.2, -0.15) is 0 Å². The van der Waals surface area contributed by atoms with E-state index in [1.165, 1.54) is 11.5 Å². The van der Waals surface area contributed by atoms with Gasteiger partial charge < -0.3 is 10.2 Å². The van der Waals surface area contributed by atoms with Gasteiger partial charge in [-0.05, 0) is 49.7 Å². The molecule has 2 aromatic rings. The normalized spacial score (nSPS) is 17.5. The molecule has 0 saturated heterocycles. The number of aromatic nitrogens is 2. The van der Waals surface area contributed by atoms with Crippen LogP contribution in [-0.4, -0.2) is 39.6 Å². The van der Waals surface area contributed by atoms with Crippen molar-refractivity contribution in [1.29, 1.82) is 0 Å². The second-order valence-electron chi connectivity index (χ2n) is 6.08. The molecule has 1 aromatic carbocycles. The fraction of sp³-hybridized carbons (Fsp3) is 0.294. The summed E-state index contributed by atoms with van der Waals surface area (Å²) in [6.07, 6.45) is 0. The number of hydrogen-bond donors (Lipinski definition) is 1. The Balaban J connectivity index is 2.14. The molecule has 1 atom stereocenters. The van der Waals surface area contributed by atoms with Gasteiger partial charge in [0, 0.05) is 30.9 Å². The molecule has 0 aliphatic carbocycles. The van der Waals surface area contributed by atoms with Crippen molar-refractivity contribution in [2.75, 3.05) is 19.0 Å². The van der Waals surface area contributed by atoms with Crippen molar-refractivity contribution in [1.82, 2.24) is 19.8 Å². The summed E-state index contributed by atoms with van der Waals surface area (Å²) in [6, 6.07) is 7.64. The minimum absolute atomic E-state index is 0.0809. The molecule has 8 heteroatoms. The lowest BCUT2D eigenvalue weighted by Gasteiger charge is -2.37. The van der Waals surface area contributed by atoms with Gasteiger partial charge in [0.05, 0.1) is 5.57 Å². The van der Waals surface area contributed by atoms with Crippen molar-refractivity contribution >= 4 is 40.5 Å². The van der Waals surface area contributed by atoms with E-state index < -0.39 is 6.04 Å². The number of rotatable bonds is 3. The van der Waals surface area contributed by atoms with E-state index in [1.807, 2.05) is 48.4 Å². The summed E-state index contributed by atoms with van der Waals surface area (Å²) in [4.78, 5) is 16.3. The number of thiocarbonyl (C=S) groups is 1. The first-order valence-corrected chi connectivity index (χ1v) is 9.01. The molecule has 0 spiro atoms. The Labute approximate surface area is 156 Å². The smallest absolute Gasteiger partial charge is 0.253 e. The van der Waals surface area contributed by atoms with Gasteiger partial charge in [-0.15, -0.1) is 5.10 Å². The molecule has 1 aliphatic heterocycles. The van der Waals surface area contributed by atoms with Gasteiger partial charge in [0.25, 0.3) is 5.91 Å². The zero-order chi connectivity index (χ0) is 18.1. The molecule has 1 amide bonds. The van der Waals surface area contributed by atoms with E-state index in [0.717, 1.165) is 16.9 Å². The second-order valence-corrected chi connectivity index (χ2v) is 7.08. The van der Waals surface area contributed by atoms with Gasteiger partial charge in [-0.3, -0.25) is 9.69 Å². The summed E-state index contributed by atoms with van der Waals surface area (Å²) in [5.74, 6) is -0.0809. The fourth-order valence-electron chi connectivity index (χ4n) is 2.79. The molecule has 1 unspecified atom stereocenters. The fourth-order valence-corrected chi connectivity index (χ4v) is 3.63. The molecule has 25 heavy (non-hydrogen) atoms. The minimum atomic E-state index is -0.400. The van der Waals surface area contributed by atoms with E-state index in [9.17, 15) is 4.79 Å². The van der Waals surface area contributed by atoms with Crippen LogP contribution in [0.4, 0.5) is 5.69 Å². The number of anilines is 1. The van der Waals surface area contributed by atoms with Crippen molar-refractivity contribution in [2.24, 2.45) is 0 Å². The average Bonchev–Trinajstić information content (AvgIpc) is 3.10. The van der Waals surface area contributed by atoms with E-state index in [4.69, 9.17) is 12.2 Å². The maximum absolute atomic E-state index is 12.9. The van der Waals surface area contributed by atoms with Crippen LogP contribution in [0.25, 0.3) is 0 Å². The number of benzene rings is 1. The van der Waals surface area contributed by atoms with Crippen LogP contribution >= 0.6 is 23.8 Å². The molecule has 6 nitrogen and oxygen atoms in total. The monoisotopic (exact) mass is 373 g/mol. The first-order valence-electron chi connectivity index (χ1n) is 7.77. The van der Waals surface area contributed by atoms with Crippen LogP contribution in [0, 0.1) is 6.92 Å². The van der Waals surface area contributed by atoms with Crippen LogP contribution in [0.2, 0.25) is 0 Å². The number of likely N-dealkylation sites (N-methyl/N-ethyl adjacent to an activating group) is 1. The Morgan fingerprint density at radius 1 is 1.28 bits per heavy atom. The number of carbonyl (C=O) groups is 1. The Bertz CT molecular complexity index is 827. The Kier molecular flexibility index (Phi) is 4.82. The summed E-state index contributed by atoms with van der Waals surface area (Å²) in [5.41, 5.74) is 4.19. The van der Waals surface area contributed by atoms with Crippen LogP contribution in [-0.2, 0) is 4.79 Å². The molecule has 0 bridgehead atoms. The molecule has 1 aliphatic rings. The number of carbonyl (C=O) groups excluding carboxylic acids is 1. The van der Waals surface area contributed by atoms with E-state index in [0.29, 0.717) is 16.4 Å². The Morgan fingerprint density at radius 2 is 1.96 bits per heavy atom. The van der Waals surface area contributed by atoms with Crippen molar-refractivity contribution in [2.45, 2.75) is 19.9 Å². The van der Waals surface area contributed by atoms with Crippen molar-refractivity contribution in [3.63, 3.8) is 0 Å². The maximum Gasteiger partial charge on any atom is 0.253 e. The van der Waals surface area contributed by atoms with Crippen LogP contribution in [0.1, 0.15) is 24.2 Å². The highest BCUT2D eigenvalue weighted by atomic mass is 32.1. The number of nitrogens with zero attached hydrogens (tertiary/aromatic N) is 4. The average molecular weight is 374 g/mol. The third kappa shape index (κ3) is 3.27. The molecule has 1 N–H and O–H groups in total. The topological polar surface area (TPSA) is 61.4 Å². The largest absolute Gasteiger partial charge is 0.349 e. The van der Waals surface area contributed by atoms with Crippen LogP contribution in [0.15, 0.2) is 40.9 Å². The summed E-state index contributed by atoms with van der Waals surface area (Å²) in [7, 11) is 3.48. The minimum Gasteiger partial charge on any atom is -0.349 e. The standard InChI is InChI=1S/C17H19N5OS2/c1-10-5-7-12(8-6-10)22-11(2)14(16(23)21(3)4)15(18-17(22)24)13-9-25-20-19-13/h5-9,15H,1-4H3,(H,18,24). The summed E-state index contributed by atoms with van der Waals surface area (Å²) in [6.45, 7) is 3.95. The zero-order valence-electron chi connectivity index (χ0n) is 14.5. The number of hydrogen-bond acceptors (Lipinski definition) is 5. The molecule has 0 radical (unpaired) electrons. The molecule has 0 saturated carbocycles. The lowest BCUT2D eigenvalue weighted by Crippen LogP contribution is -2.49. The Hall–Kier alpha value is -2.32. The molecule has 0 fully saturated rings. The van der Waals surface area contributed by atoms with Gasteiger partial charge in [0.15, 0.2) is 5.11 Å². The van der Waals surface area contributed by atoms with E-state index in [-0.39, 0.29) is 5.91 Å². The molecule has 130 valence electrons. The highest BCUT2D eigenvalue weighted by Crippen LogP contribution is 2.33. The molecule has 3 rings (SSSR count). The SMILES string of the molecule is CC1=C(C(=O)N(C)C)C(c2csnn2)NC(=S)N1c1ccc(C)cc1. The van der Waals surface area contributed by atoms with Gasteiger partial charge >= 0.3 is 0 Å². The molecule has 1 aromatic heterocycles. The van der Waals surface area contributed by atoms with E-state index >= 15 is 0 Å². The predicted molar refractivity (Wildman–Crippen MR) is 103 cm³/mol. The van der Waals surface area contributed by atoms with Crippen molar-refractivity contribution in [3.8, 4) is 0 Å². The van der Waals surface area contributed by atoms with Crippen LogP contribution in [0.3, 0.4) is 0 Å². The molecule has 2 heterocycles. The van der Waals surface area contributed by atoms with Crippen LogP contribution < -0.4 is 10.2 Å². The third-order valence-electron chi connectivity index (χ3n) is 4.09. The van der Waals surface area contributed by atoms with E-state index in [1.54, 1.807) is 19.0 Å². The highest BCUT2D eigenvalue weighted by Gasteiger charge is 2.36. The number of allylic oxidation sites excluding steroid dienone is 1. The maximum atomic E-state index is 12.9. The van der Waals surface area contributed by atoms with Gasteiger partial charge in [0.2, 0.25) is 0 Å². The zero-order valence-corrected chi connectivity index (χ0v) is 16.1. The van der Waals surface area contributed by atoms with E-state index in [2.05, 4.69) is 14.9 Å². The lowest BCUT2D eigenvalue weighted by atomic mass is 9.98. The summed E-state index contributed by atoms with van der Waals surface area (Å²) in [5, 5.41) is 9.76. The first-order chi connectivity index (χ1) is 11.9. The van der Waals surface area contributed by atoms with Crippen LogP contribution in [0.5, 0.6) is 0 Å². The van der Waals surface area contributed by atoms with Gasteiger partial charge in [-0.25, -0.2) is 0 Å². The summed E-state index contributed by atoms with van der Waals surface area (Å²) >= 11 is 6.84. The second kappa shape index (κ2) is 6.89. The lowest BCUT2D eigenvalue weighted by molar-refractivity contribution is -0.125. The molecular weight excluding hydrogens is 354 g/mol.